The fourth-order valence-electron chi connectivity index (χ4n) is 2.90. The molecular weight excluding hydrogens is 317 g/mol. The molecule has 2 heterocycles. The van der Waals surface area contributed by atoms with E-state index in [1.807, 2.05) is 11.0 Å². The second kappa shape index (κ2) is 7.51. The van der Waals surface area contributed by atoms with Crippen molar-refractivity contribution in [3.63, 3.8) is 0 Å². The fraction of sp³-hybridized carbons (Fsp3) is 0.562. The summed E-state index contributed by atoms with van der Waals surface area (Å²) >= 11 is 1.70. The largest absolute Gasteiger partial charge is 0.393 e. The lowest BCUT2D eigenvalue weighted by Gasteiger charge is -2.31. The zero-order valence-corrected chi connectivity index (χ0v) is 13.7. The summed E-state index contributed by atoms with van der Waals surface area (Å²) in [6.07, 6.45) is 1.07. The number of amides is 1. The van der Waals surface area contributed by atoms with Gasteiger partial charge in [-0.15, -0.1) is 11.8 Å². The molecule has 7 heteroatoms. The van der Waals surface area contributed by atoms with Gasteiger partial charge in [-0.05, 0) is 30.5 Å². The van der Waals surface area contributed by atoms with Crippen LogP contribution in [0, 0.1) is 5.82 Å². The molecule has 3 N–H and O–H groups in total. The van der Waals surface area contributed by atoms with Crippen LogP contribution in [0.15, 0.2) is 18.2 Å². The van der Waals surface area contributed by atoms with E-state index in [1.165, 1.54) is 6.07 Å². The molecular formula is C16H22FN3O2S. The number of carbonyl (C=O) groups excluding carboxylic acids is 1. The first-order chi connectivity index (χ1) is 11.1. The first-order valence-corrected chi connectivity index (χ1v) is 9.09. The minimum atomic E-state index is -0.275. The van der Waals surface area contributed by atoms with Crippen LogP contribution in [0.5, 0.6) is 0 Å². The Morgan fingerprint density at radius 3 is 2.87 bits per heavy atom. The number of nitrogens with zero attached hydrogens (tertiary/aromatic N) is 1. The molecule has 23 heavy (non-hydrogen) atoms. The average molecular weight is 339 g/mol. The lowest BCUT2D eigenvalue weighted by molar-refractivity contribution is -0.122. The van der Waals surface area contributed by atoms with Gasteiger partial charge in [0.25, 0.3) is 0 Å². The highest BCUT2D eigenvalue weighted by molar-refractivity contribution is 7.99. The fourth-order valence-corrected chi connectivity index (χ4v) is 3.84. The SMILES string of the molecule is O=C(NCc1ccc(N2CCC(O)CC2)c(F)c1)C1CSCN1. The number of thioether (sulfide) groups is 1. The molecule has 0 saturated carbocycles. The van der Waals surface area contributed by atoms with Crippen molar-refractivity contribution in [2.75, 3.05) is 29.6 Å². The van der Waals surface area contributed by atoms with E-state index in [-0.39, 0.29) is 23.9 Å². The van der Waals surface area contributed by atoms with Gasteiger partial charge in [0.1, 0.15) is 5.82 Å². The Bertz CT molecular complexity index is 558. The number of hydrogen-bond acceptors (Lipinski definition) is 5. The third kappa shape index (κ3) is 4.16. The van der Waals surface area contributed by atoms with Crippen LogP contribution in [0.25, 0.3) is 0 Å². The molecule has 1 aromatic rings. The van der Waals surface area contributed by atoms with Crippen molar-refractivity contribution in [3.8, 4) is 0 Å². The van der Waals surface area contributed by atoms with Gasteiger partial charge in [-0.25, -0.2) is 4.39 Å². The van der Waals surface area contributed by atoms with Gasteiger partial charge in [0.05, 0.1) is 17.8 Å². The molecule has 1 aromatic carbocycles. The van der Waals surface area contributed by atoms with E-state index < -0.39 is 0 Å². The highest BCUT2D eigenvalue weighted by Gasteiger charge is 2.22. The maximum atomic E-state index is 14.3. The number of aliphatic hydroxyl groups is 1. The minimum absolute atomic E-state index is 0.0375. The maximum absolute atomic E-state index is 14.3. The Morgan fingerprint density at radius 1 is 1.43 bits per heavy atom. The molecule has 2 fully saturated rings. The standard InChI is InChI=1S/C16H22FN3O2S/c17-13-7-11(8-18-16(22)14-9-23-10-19-14)1-2-15(13)20-5-3-12(21)4-6-20/h1-2,7,12,14,19,21H,3-6,8-10H2,(H,18,22). The number of carbonyl (C=O) groups is 1. The van der Waals surface area contributed by atoms with Gasteiger partial charge in [-0.1, -0.05) is 6.07 Å². The Balaban J connectivity index is 1.57. The van der Waals surface area contributed by atoms with E-state index in [0.29, 0.717) is 38.2 Å². The Labute approximate surface area is 139 Å². The molecule has 0 spiro atoms. The predicted octanol–water partition coefficient (Wildman–Crippen LogP) is 1.07. The Kier molecular flexibility index (Phi) is 5.40. The van der Waals surface area contributed by atoms with Crippen molar-refractivity contribution in [1.29, 1.82) is 0 Å². The normalized spacial score (nSPS) is 22.3. The molecule has 0 aromatic heterocycles. The summed E-state index contributed by atoms with van der Waals surface area (Å²) in [7, 11) is 0. The van der Waals surface area contributed by atoms with Crippen molar-refractivity contribution in [2.45, 2.75) is 31.5 Å². The zero-order chi connectivity index (χ0) is 16.2. The number of aliphatic hydroxyl groups excluding tert-OH is 1. The molecule has 0 aliphatic carbocycles. The summed E-state index contributed by atoms with van der Waals surface area (Å²) in [6.45, 7) is 1.66. The number of rotatable bonds is 4. The lowest BCUT2D eigenvalue weighted by Crippen LogP contribution is -2.41. The Morgan fingerprint density at radius 2 is 2.22 bits per heavy atom. The second-order valence-corrected chi connectivity index (χ2v) is 7.02. The second-order valence-electron chi connectivity index (χ2n) is 5.99. The zero-order valence-electron chi connectivity index (χ0n) is 12.9. The average Bonchev–Trinajstić information content (AvgIpc) is 3.08. The topological polar surface area (TPSA) is 64.6 Å². The van der Waals surface area contributed by atoms with Crippen LogP contribution in [-0.2, 0) is 11.3 Å². The van der Waals surface area contributed by atoms with E-state index in [4.69, 9.17) is 0 Å². The molecule has 2 aliphatic rings. The summed E-state index contributed by atoms with van der Waals surface area (Å²) in [4.78, 5) is 13.9. The van der Waals surface area contributed by atoms with Crippen molar-refractivity contribution < 1.29 is 14.3 Å². The highest BCUT2D eigenvalue weighted by Crippen LogP contribution is 2.24. The Hall–Kier alpha value is -1.31. The molecule has 2 aliphatic heterocycles. The van der Waals surface area contributed by atoms with Gasteiger partial charge in [0.2, 0.25) is 5.91 Å². The molecule has 5 nitrogen and oxygen atoms in total. The van der Waals surface area contributed by atoms with E-state index >= 15 is 0 Å². The smallest absolute Gasteiger partial charge is 0.238 e. The number of hydrogen-bond donors (Lipinski definition) is 3. The van der Waals surface area contributed by atoms with Crippen molar-refractivity contribution in [2.24, 2.45) is 0 Å². The van der Waals surface area contributed by atoms with E-state index in [9.17, 15) is 14.3 Å². The molecule has 1 atom stereocenters. The predicted molar refractivity (Wildman–Crippen MR) is 89.9 cm³/mol. The van der Waals surface area contributed by atoms with Crippen LogP contribution in [0.2, 0.25) is 0 Å². The van der Waals surface area contributed by atoms with Crippen LogP contribution in [0.1, 0.15) is 18.4 Å². The summed E-state index contributed by atoms with van der Waals surface area (Å²) < 4.78 is 14.3. The van der Waals surface area contributed by atoms with Crippen molar-refractivity contribution in [3.05, 3.63) is 29.6 Å². The molecule has 3 rings (SSSR count). The van der Waals surface area contributed by atoms with Gasteiger partial charge in [-0.3, -0.25) is 10.1 Å². The monoisotopic (exact) mass is 339 g/mol. The third-order valence-electron chi connectivity index (χ3n) is 4.32. The van der Waals surface area contributed by atoms with Crippen molar-refractivity contribution in [1.82, 2.24) is 10.6 Å². The molecule has 1 amide bonds. The quantitative estimate of drug-likeness (QED) is 0.766. The lowest BCUT2D eigenvalue weighted by atomic mass is 10.1. The summed E-state index contributed by atoms with van der Waals surface area (Å²) in [5, 5.41) is 15.5. The number of nitrogens with one attached hydrogen (secondary N) is 2. The summed E-state index contributed by atoms with van der Waals surface area (Å²) in [5.74, 6) is 1.26. The van der Waals surface area contributed by atoms with Gasteiger partial charge in [0.15, 0.2) is 0 Å². The van der Waals surface area contributed by atoms with E-state index in [2.05, 4.69) is 10.6 Å². The van der Waals surface area contributed by atoms with Crippen molar-refractivity contribution >= 4 is 23.4 Å². The van der Waals surface area contributed by atoms with Gasteiger partial charge < -0.3 is 15.3 Å². The maximum Gasteiger partial charge on any atom is 0.238 e. The van der Waals surface area contributed by atoms with E-state index in [1.54, 1.807) is 17.8 Å². The number of anilines is 1. The van der Waals surface area contributed by atoms with Crippen LogP contribution >= 0.6 is 11.8 Å². The summed E-state index contributed by atoms with van der Waals surface area (Å²) in [5.41, 5.74) is 1.32. The molecule has 0 radical (unpaired) electrons. The van der Waals surface area contributed by atoms with Crippen LogP contribution in [-0.4, -0.2) is 47.9 Å². The highest BCUT2D eigenvalue weighted by atomic mass is 32.2. The molecule has 1 unspecified atom stereocenters. The molecule has 126 valence electrons. The van der Waals surface area contributed by atoms with Gasteiger partial charge in [0, 0.05) is 31.3 Å². The minimum Gasteiger partial charge on any atom is -0.393 e. The van der Waals surface area contributed by atoms with Crippen LogP contribution < -0.4 is 15.5 Å². The first-order valence-electron chi connectivity index (χ1n) is 7.94. The molecule has 0 bridgehead atoms. The van der Waals surface area contributed by atoms with Gasteiger partial charge in [-0.2, -0.15) is 0 Å². The van der Waals surface area contributed by atoms with Gasteiger partial charge >= 0.3 is 0 Å². The number of piperidine rings is 1. The summed E-state index contributed by atoms with van der Waals surface area (Å²) in [6, 6.07) is 4.94. The third-order valence-corrected chi connectivity index (χ3v) is 5.26. The first kappa shape index (κ1) is 16.5. The molecule has 2 saturated heterocycles. The number of benzene rings is 1. The number of halogens is 1. The van der Waals surface area contributed by atoms with Crippen LogP contribution in [0.4, 0.5) is 10.1 Å². The van der Waals surface area contributed by atoms with E-state index in [0.717, 1.165) is 17.2 Å². The van der Waals surface area contributed by atoms with Crippen LogP contribution in [0.3, 0.4) is 0 Å².